The lowest BCUT2D eigenvalue weighted by Gasteiger charge is -2.17. The van der Waals surface area contributed by atoms with Crippen LogP contribution in [0.25, 0.3) is 0 Å². The third kappa shape index (κ3) is 4.78. The molecule has 0 aliphatic carbocycles. The van der Waals surface area contributed by atoms with E-state index in [2.05, 4.69) is 51.2 Å². The van der Waals surface area contributed by atoms with Gasteiger partial charge in [-0.3, -0.25) is 0 Å². The van der Waals surface area contributed by atoms with Crippen LogP contribution in [-0.4, -0.2) is 12.1 Å². The first-order valence-corrected chi connectivity index (χ1v) is 6.65. The third-order valence-corrected chi connectivity index (χ3v) is 3.13. The SMILES string of the molecule is CC[C@@H](C)NCc1ccccc1O[C@@H](C)CC. The molecule has 1 aromatic carbocycles. The van der Waals surface area contributed by atoms with Crippen LogP contribution in [0.5, 0.6) is 5.75 Å². The minimum atomic E-state index is 0.278. The summed E-state index contributed by atoms with van der Waals surface area (Å²) in [5.41, 5.74) is 1.24. The standard InChI is InChI=1S/C15H25NO/c1-5-12(3)16-11-14-9-7-8-10-15(14)17-13(4)6-2/h7-10,12-13,16H,5-6,11H2,1-4H3/t12-,13+/m1/s1. The normalized spacial score (nSPS) is 14.4. The molecule has 0 heterocycles. The zero-order chi connectivity index (χ0) is 12.7. The third-order valence-electron chi connectivity index (χ3n) is 3.13. The van der Waals surface area contributed by atoms with Crippen LogP contribution >= 0.6 is 0 Å². The number of para-hydroxylation sites is 1. The van der Waals surface area contributed by atoms with Gasteiger partial charge < -0.3 is 10.1 Å². The molecule has 0 bridgehead atoms. The number of hydrogen-bond donors (Lipinski definition) is 1. The lowest BCUT2D eigenvalue weighted by atomic mass is 10.1. The minimum Gasteiger partial charge on any atom is -0.490 e. The van der Waals surface area contributed by atoms with Gasteiger partial charge in [0.2, 0.25) is 0 Å². The van der Waals surface area contributed by atoms with Crippen molar-refractivity contribution < 1.29 is 4.74 Å². The van der Waals surface area contributed by atoms with E-state index in [-0.39, 0.29) is 6.10 Å². The highest BCUT2D eigenvalue weighted by molar-refractivity contribution is 5.33. The molecule has 0 unspecified atom stereocenters. The second-order valence-corrected chi connectivity index (χ2v) is 4.63. The van der Waals surface area contributed by atoms with Crippen molar-refractivity contribution in [3.05, 3.63) is 29.8 Å². The zero-order valence-corrected chi connectivity index (χ0v) is 11.5. The minimum absolute atomic E-state index is 0.278. The molecule has 0 fully saturated rings. The van der Waals surface area contributed by atoms with Crippen LogP contribution in [-0.2, 0) is 6.54 Å². The summed E-state index contributed by atoms with van der Waals surface area (Å²) in [5.74, 6) is 1.01. The maximum absolute atomic E-state index is 5.92. The van der Waals surface area contributed by atoms with Gasteiger partial charge in [-0.1, -0.05) is 32.0 Å². The number of nitrogens with one attached hydrogen (secondary N) is 1. The molecule has 0 amide bonds. The molecule has 1 rings (SSSR count). The van der Waals surface area contributed by atoms with Crippen LogP contribution in [0.3, 0.4) is 0 Å². The molecule has 1 N–H and O–H groups in total. The summed E-state index contributed by atoms with van der Waals surface area (Å²) in [6.45, 7) is 9.53. The van der Waals surface area contributed by atoms with Gasteiger partial charge in [-0.2, -0.15) is 0 Å². The zero-order valence-electron chi connectivity index (χ0n) is 11.5. The molecular weight excluding hydrogens is 210 g/mol. The van der Waals surface area contributed by atoms with Gasteiger partial charge in [0.15, 0.2) is 0 Å². The largest absolute Gasteiger partial charge is 0.490 e. The smallest absolute Gasteiger partial charge is 0.124 e. The summed E-state index contributed by atoms with van der Waals surface area (Å²) in [7, 11) is 0. The highest BCUT2D eigenvalue weighted by atomic mass is 16.5. The molecule has 0 aromatic heterocycles. The molecule has 2 nitrogen and oxygen atoms in total. The molecule has 0 aliphatic rings. The van der Waals surface area contributed by atoms with Gasteiger partial charge >= 0.3 is 0 Å². The Morgan fingerprint density at radius 3 is 2.47 bits per heavy atom. The average Bonchev–Trinajstić information content (AvgIpc) is 2.37. The molecule has 2 heteroatoms. The van der Waals surface area contributed by atoms with E-state index in [1.807, 2.05) is 6.07 Å². The van der Waals surface area contributed by atoms with Gasteiger partial charge in [0, 0.05) is 18.2 Å². The molecule has 2 atom stereocenters. The van der Waals surface area contributed by atoms with Gasteiger partial charge in [-0.25, -0.2) is 0 Å². The highest BCUT2D eigenvalue weighted by Crippen LogP contribution is 2.20. The summed E-state index contributed by atoms with van der Waals surface area (Å²) >= 11 is 0. The van der Waals surface area contributed by atoms with Crippen LogP contribution < -0.4 is 10.1 Å². The molecule has 0 saturated heterocycles. The molecular formula is C15H25NO. The maximum Gasteiger partial charge on any atom is 0.124 e. The van der Waals surface area contributed by atoms with Gasteiger partial charge in [0.1, 0.15) is 5.75 Å². The second-order valence-electron chi connectivity index (χ2n) is 4.63. The van der Waals surface area contributed by atoms with Crippen molar-refractivity contribution in [1.29, 1.82) is 0 Å². The van der Waals surface area contributed by atoms with E-state index < -0.39 is 0 Å². The van der Waals surface area contributed by atoms with E-state index in [1.54, 1.807) is 0 Å². The highest BCUT2D eigenvalue weighted by Gasteiger charge is 2.07. The number of benzene rings is 1. The van der Waals surface area contributed by atoms with Gasteiger partial charge in [0.25, 0.3) is 0 Å². The van der Waals surface area contributed by atoms with Crippen LogP contribution in [0.15, 0.2) is 24.3 Å². The molecule has 0 spiro atoms. The summed E-state index contributed by atoms with van der Waals surface area (Å²) in [6, 6.07) is 8.83. The van der Waals surface area contributed by atoms with Crippen LogP contribution in [0.4, 0.5) is 0 Å². The van der Waals surface area contributed by atoms with E-state index in [1.165, 1.54) is 5.56 Å². The number of hydrogen-bond acceptors (Lipinski definition) is 2. The molecule has 0 saturated carbocycles. The molecule has 96 valence electrons. The van der Waals surface area contributed by atoms with Crippen molar-refractivity contribution in [1.82, 2.24) is 5.32 Å². The van der Waals surface area contributed by atoms with Crippen LogP contribution in [0.1, 0.15) is 46.1 Å². The Balaban J connectivity index is 2.64. The fourth-order valence-corrected chi connectivity index (χ4v) is 1.49. The summed E-state index contributed by atoms with van der Waals surface area (Å²) in [4.78, 5) is 0. The maximum atomic E-state index is 5.92. The number of ether oxygens (including phenoxy) is 1. The van der Waals surface area contributed by atoms with Gasteiger partial charge in [0.05, 0.1) is 6.10 Å². The topological polar surface area (TPSA) is 21.3 Å². The quantitative estimate of drug-likeness (QED) is 0.777. The van der Waals surface area contributed by atoms with Gasteiger partial charge in [-0.05, 0) is 32.8 Å². The molecule has 0 aliphatic heterocycles. The Bertz CT molecular complexity index is 324. The van der Waals surface area contributed by atoms with Crippen molar-refractivity contribution >= 4 is 0 Å². The Morgan fingerprint density at radius 2 is 1.82 bits per heavy atom. The molecule has 1 aromatic rings. The van der Waals surface area contributed by atoms with E-state index in [9.17, 15) is 0 Å². The Hall–Kier alpha value is -1.02. The first kappa shape index (κ1) is 14.0. The fourth-order valence-electron chi connectivity index (χ4n) is 1.49. The Kier molecular flexibility index (Phi) is 6.06. The lowest BCUT2D eigenvalue weighted by molar-refractivity contribution is 0.214. The fraction of sp³-hybridized carbons (Fsp3) is 0.600. The van der Waals surface area contributed by atoms with E-state index in [0.29, 0.717) is 6.04 Å². The lowest BCUT2D eigenvalue weighted by Crippen LogP contribution is -2.25. The first-order valence-electron chi connectivity index (χ1n) is 6.65. The molecule has 0 radical (unpaired) electrons. The van der Waals surface area contributed by atoms with Crippen LogP contribution in [0, 0.1) is 0 Å². The van der Waals surface area contributed by atoms with Crippen molar-refractivity contribution in [3.63, 3.8) is 0 Å². The summed E-state index contributed by atoms with van der Waals surface area (Å²) in [6.07, 6.45) is 2.46. The predicted molar refractivity (Wildman–Crippen MR) is 73.4 cm³/mol. The average molecular weight is 235 g/mol. The van der Waals surface area contributed by atoms with Crippen molar-refractivity contribution in [2.75, 3.05) is 0 Å². The first-order chi connectivity index (χ1) is 8.17. The monoisotopic (exact) mass is 235 g/mol. The summed E-state index contributed by atoms with van der Waals surface area (Å²) < 4.78 is 5.92. The summed E-state index contributed by atoms with van der Waals surface area (Å²) in [5, 5.41) is 3.50. The molecule has 17 heavy (non-hydrogen) atoms. The van der Waals surface area contributed by atoms with Crippen LogP contribution in [0.2, 0.25) is 0 Å². The van der Waals surface area contributed by atoms with Gasteiger partial charge in [-0.15, -0.1) is 0 Å². The Labute approximate surface area is 105 Å². The van der Waals surface area contributed by atoms with E-state index in [0.717, 1.165) is 25.1 Å². The Morgan fingerprint density at radius 1 is 1.12 bits per heavy atom. The predicted octanol–water partition coefficient (Wildman–Crippen LogP) is 3.75. The van der Waals surface area contributed by atoms with E-state index in [4.69, 9.17) is 4.74 Å². The van der Waals surface area contributed by atoms with Crippen molar-refractivity contribution in [3.8, 4) is 5.75 Å². The van der Waals surface area contributed by atoms with Crippen molar-refractivity contribution in [2.24, 2.45) is 0 Å². The number of rotatable bonds is 7. The second kappa shape index (κ2) is 7.33. The van der Waals surface area contributed by atoms with Crippen molar-refractivity contribution in [2.45, 2.75) is 59.2 Å². The van der Waals surface area contributed by atoms with E-state index >= 15 is 0 Å².